The van der Waals surface area contributed by atoms with Crippen molar-refractivity contribution < 1.29 is 14.7 Å². The summed E-state index contributed by atoms with van der Waals surface area (Å²) in [7, 11) is 0. The Morgan fingerprint density at radius 1 is 1.05 bits per heavy atom. The lowest BCUT2D eigenvalue weighted by atomic mass is 10.0. The molecule has 0 aliphatic heterocycles. The zero-order valence-corrected chi connectivity index (χ0v) is 12.7. The molecule has 2 aromatic carbocycles. The Kier molecular flexibility index (Phi) is 4.94. The van der Waals surface area contributed by atoms with E-state index in [2.05, 4.69) is 5.32 Å². The second-order valence-electron chi connectivity index (χ2n) is 5.43. The minimum absolute atomic E-state index is 0.257. The summed E-state index contributed by atoms with van der Waals surface area (Å²) in [5.74, 6) is -1.41. The van der Waals surface area contributed by atoms with E-state index in [1.807, 2.05) is 50.2 Å². The second-order valence-corrected chi connectivity index (χ2v) is 5.43. The van der Waals surface area contributed by atoms with E-state index in [0.29, 0.717) is 5.56 Å². The minimum atomic E-state index is -1.04. The molecule has 0 fully saturated rings. The second kappa shape index (κ2) is 6.89. The highest BCUT2D eigenvalue weighted by Gasteiger charge is 2.21. The molecule has 4 nitrogen and oxygen atoms in total. The number of amides is 1. The van der Waals surface area contributed by atoms with Crippen LogP contribution < -0.4 is 5.32 Å². The van der Waals surface area contributed by atoms with Crippen molar-refractivity contribution in [2.75, 3.05) is 0 Å². The molecule has 0 heterocycles. The maximum absolute atomic E-state index is 12.3. The molecule has 0 aliphatic carbocycles. The first-order chi connectivity index (χ1) is 10.5. The Labute approximate surface area is 129 Å². The number of carbonyl (C=O) groups is 2. The van der Waals surface area contributed by atoms with Crippen LogP contribution in [0.15, 0.2) is 48.5 Å². The summed E-state index contributed by atoms with van der Waals surface area (Å²) in [5, 5.41) is 11.9. The van der Waals surface area contributed by atoms with Crippen LogP contribution in [-0.2, 0) is 11.2 Å². The van der Waals surface area contributed by atoms with E-state index in [9.17, 15) is 14.7 Å². The molecule has 0 bridgehead atoms. The van der Waals surface area contributed by atoms with Crippen molar-refractivity contribution >= 4 is 11.9 Å². The average molecular weight is 297 g/mol. The first-order valence-corrected chi connectivity index (χ1v) is 7.11. The van der Waals surface area contributed by atoms with E-state index >= 15 is 0 Å². The van der Waals surface area contributed by atoms with Crippen LogP contribution in [-0.4, -0.2) is 23.0 Å². The molecule has 0 saturated heterocycles. The fraction of sp³-hybridized carbons (Fsp3) is 0.222. The maximum Gasteiger partial charge on any atom is 0.326 e. The number of carbonyl (C=O) groups excluding carboxylic acids is 1. The standard InChI is InChI=1S/C18H19NO3/c1-12-8-13(2)10-15(9-12)17(20)19-16(18(21)22)11-14-6-4-3-5-7-14/h3-10,16H,11H2,1-2H3,(H,19,20)(H,21,22)/t16-/m1/s1. The lowest BCUT2D eigenvalue weighted by Gasteiger charge is -2.15. The molecule has 1 amide bonds. The van der Waals surface area contributed by atoms with E-state index in [4.69, 9.17) is 0 Å². The molecule has 0 aromatic heterocycles. The van der Waals surface area contributed by atoms with Crippen LogP contribution in [0.4, 0.5) is 0 Å². The first kappa shape index (κ1) is 15.8. The Morgan fingerprint density at radius 3 is 2.18 bits per heavy atom. The average Bonchev–Trinajstić information content (AvgIpc) is 2.46. The molecule has 0 radical (unpaired) electrons. The van der Waals surface area contributed by atoms with E-state index in [0.717, 1.165) is 16.7 Å². The highest BCUT2D eigenvalue weighted by Crippen LogP contribution is 2.10. The van der Waals surface area contributed by atoms with Gasteiger partial charge >= 0.3 is 5.97 Å². The molecule has 0 spiro atoms. The summed E-state index contributed by atoms with van der Waals surface area (Å²) < 4.78 is 0. The van der Waals surface area contributed by atoms with Gasteiger partial charge < -0.3 is 10.4 Å². The lowest BCUT2D eigenvalue weighted by Crippen LogP contribution is -2.42. The monoisotopic (exact) mass is 297 g/mol. The van der Waals surface area contributed by atoms with Gasteiger partial charge in [0.05, 0.1) is 0 Å². The molecule has 4 heteroatoms. The third-order valence-corrected chi connectivity index (χ3v) is 3.37. The van der Waals surface area contributed by atoms with Crippen molar-refractivity contribution in [2.45, 2.75) is 26.3 Å². The Hall–Kier alpha value is -2.62. The summed E-state index contributed by atoms with van der Waals surface area (Å²) in [5.41, 5.74) is 3.30. The van der Waals surface area contributed by atoms with Gasteiger partial charge in [-0.2, -0.15) is 0 Å². The highest BCUT2D eigenvalue weighted by atomic mass is 16.4. The van der Waals surface area contributed by atoms with Gasteiger partial charge in [-0.25, -0.2) is 4.79 Å². The van der Waals surface area contributed by atoms with Gasteiger partial charge in [-0.05, 0) is 31.5 Å². The third kappa shape index (κ3) is 4.19. The molecular formula is C18H19NO3. The van der Waals surface area contributed by atoms with Gasteiger partial charge in [-0.1, -0.05) is 47.5 Å². The largest absolute Gasteiger partial charge is 0.480 e. The number of aliphatic carboxylic acids is 1. The van der Waals surface area contributed by atoms with Crippen LogP contribution in [0.1, 0.15) is 27.0 Å². The van der Waals surface area contributed by atoms with Crippen molar-refractivity contribution in [3.63, 3.8) is 0 Å². The van der Waals surface area contributed by atoms with Crippen molar-refractivity contribution in [3.05, 3.63) is 70.8 Å². The zero-order valence-electron chi connectivity index (χ0n) is 12.7. The van der Waals surface area contributed by atoms with E-state index < -0.39 is 12.0 Å². The molecule has 1 atom stereocenters. The minimum Gasteiger partial charge on any atom is -0.480 e. The fourth-order valence-electron chi connectivity index (χ4n) is 2.40. The van der Waals surface area contributed by atoms with Gasteiger partial charge in [-0.3, -0.25) is 4.79 Å². The predicted octanol–water partition coefficient (Wildman–Crippen LogP) is 2.73. The molecule has 0 aliphatic rings. The summed E-state index contributed by atoms with van der Waals surface area (Å²) in [6.07, 6.45) is 0.257. The van der Waals surface area contributed by atoms with Crippen LogP contribution in [0.5, 0.6) is 0 Å². The lowest BCUT2D eigenvalue weighted by molar-refractivity contribution is -0.139. The summed E-state index contributed by atoms with van der Waals surface area (Å²) in [6.45, 7) is 3.81. The van der Waals surface area contributed by atoms with Gasteiger partial charge in [0, 0.05) is 12.0 Å². The number of hydrogen-bond donors (Lipinski definition) is 2. The third-order valence-electron chi connectivity index (χ3n) is 3.37. The van der Waals surface area contributed by atoms with Crippen LogP contribution in [0, 0.1) is 13.8 Å². The Morgan fingerprint density at radius 2 is 1.64 bits per heavy atom. The number of carboxylic acid groups (broad SMARTS) is 1. The van der Waals surface area contributed by atoms with Gasteiger partial charge in [-0.15, -0.1) is 0 Å². The topological polar surface area (TPSA) is 66.4 Å². The van der Waals surface area contributed by atoms with Crippen molar-refractivity contribution in [2.24, 2.45) is 0 Å². The Balaban J connectivity index is 2.13. The number of carboxylic acids is 1. The number of rotatable bonds is 5. The van der Waals surface area contributed by atoms with Gasteiger partial charge in [0.2, 0.25) is 0 Å². The number of benzene rings is 2. The first-order valence-electron chi connectivity index (χ1n) is 7.11. The highest BCUT2D eigenvalue weighted by molar-refractivity contribution is 5.97. The summed E-state index contributed by atoms with van der Waals surface area (Å²) >= 11 is 0. The summed E-state index contributed by atoms with van der Waals surface area (Å²) in [6, 6.07) is 13.8. The molecule has 2 aromatic rings. The van der Waals surface area contributed by atoms with E-state index in [1.54, 1.807) is 12.1 Å². The van der Waals surface area contributed by atoms with Crippen molar-refractivity contribution in [3.8, 4) is 0 Å². The van der Waals surface area contributed by atoms with Gasteiger partial charge in [0.15, 0.2) is 0 Å². The number of aryl methyl sites for hydroxylation is 2. The smallest absolute Gasteiger partial charge is 0.326 e. The van der Waals surface area contributed by atoms with Crippen LogP contribution in [0.25, 0.3) is 0 Å². The zero-order chi connectivity index (χ0) is 16.1. The molecule has 22 heavy (non-hydrogen) atoms. The number of nitrogens with one attached hydrogen (secondary N) is 1. The molecule has 0 unspecified atom stereocenters. The van der Waals surface area contributed by atoms with E-state index in [1.165, 1.54) is 0 Å². The molecule has 2 rings (SSSR count). The SMILES string of the molecule is Cc1cc(C)cc(C(=O)N[C@H](Cc2ccccc2)C(=O)O)c1. The number of hydrogen-bond acceptors (Lipinski definition) is 2. The maximum atomic E-state index is 12.3. The van der Waals surface area contributed by atoms with Crippen LogP contribution in [0.2, 0.25) is 0 Å². The van der Waals surface area contributed by atoms with Crippen molar-refractivity contribution in [1.29, 1.82) is 0 Å². The molecule has 114 valence electrons. The van der Waals surface area contributed by atoms with Gasteiger partial charge in [0.1, 0.15) is 6.04 Å². The van der Waals surface area contributed by atoms with Crippen LogP contribution >= 0.6 is 0 Å². The molecule has 2 N–H and O–H groups in total. The fourth-order valence-corrected chi connectivity index (χ4v) is 2.40. The molecular weight excluding hydrogens is 278 g/mol. The van der Waals surface area contributed by atoms with Crippen molar-refractivity contribution in [1.82, 2.24) is 5.32 Å². The normalized spacial score (nSPS) is 11.7. The quantitative estimate of drug-likeness (QED) is 0.891. The predicted molar refractivity (Wildman–Crippen MR) is 85.0 cm³/mol. The Bertz CT molecular complexity index is 660. The summed E-state index contributed by atoms with van der Waals surface area (Å²) in [4.78, 5) is 23.7. The van der Waals surface area contributed by atoms with Crippen LogP contribution in [0.3, 0.4) is 0 Å². The van der Waals surface area contributed by atoms with E-state index in [-0.39, 0.29) is 12.3 Å². The molecule has 0 saturated carbocycles. The van der Waals surface area contributed by atoms with Gasteiger partial charge in [0.25, 0.3) is 5.91 Å².